The fourth-order valence-corrected chi connectivity index (χ4v) is 3.95. The number of ether oxygens (including phenoxy) is 1. The van der Waals surface area contributed by atoms with Crippen LogP contribution in [-0.2, 0) is 12.1 Å². The van der Waals surface area contributed by atoms with Gasteiger partial charge in [0.15, 0.2) is 5.78 Å². The highest BCUT2D eigenvalue weighted by atomic mass is 35.5. The van der Waals surface area contributed by atoms with Gasteiger partial charge in [-0.05, 0) is 60.2 Å². The van der Waals surface area contributed by atoms with Crippen molar-refractivity contribution in [2.45, 2.75) is 12.1 Å². The van der Waals surface area contributed by atoms with E-state index in [2.05, 4.69) is 10.1 Å². The summed E-state index contributed by atoms with van der Waals surface area (Å²) >= 11 is 12.0. The Labute approximate surface area is 215 Å². The quantitative estimate of drug-likeness (QED) is 0.221. The molecule has 0 amide bonds. The molecule has 0 saturated heterocycles. The van der Waals surface area contributed by atoms with Crippen LogP contribution in [0, 0.1) is 11.6 Å². The topological polar surface area (TPSA) is 77.2 Å². The number of carbonyl (C=O) groups excluding carboxylic acids is 1. The molecule has 1 aromatic heterocycles. The molecule has 3 aromatic carbocycles. The molecule has 0 saturated carbocycles. The maximum Gasteiger partial charge on any atom is 0.185 e. The van der Waals surface area contributed by atoms with Crippen molar-refractivity contribution >= 4 is 35.1 Å². The Morgan fingerprint density at radius 2 is 1.86 bits per heavy atom. The van der Waals surface area contributed by atoms with E-state index in [4.69, 9.17) is 27.9 Å². The lowest BCUT2D eigenvalue weighted by atomic mass is 9.94. The van der Waals surface area contributed by atoms with Gasteiger partial charge in [0, 0.05) is 27.2 Å². The second-order valence-electron chi connectivity index (χ2n) is 7.93. The number of aliphatic hydroxyl groups is 1. The van der Waals surface area contributed by atoms with Gasteiger partial charge < -0.3 is 9.84 Å². The molecule has 0 radical (unpaired) electrons. The van der Waals surface area contributed by atoms with Crippen molar-refractivity contribution in [2.24, 2.45) is 0 Å². The molecule has 10 heteroatoms. The third kappa shape index (κ3) is 6.15. The summed E-state index contributed by atoms with van der Waals surface area (Å²) in [5, 5.41) is 16.2. The molecule has 36 heavy (non-hydrogen) atoms. The first-order valence-corrected chi connectivity index (χ1v) is 11.4. The van der Waals surface area contributed by atoms with Crippen molar-refractivity contribution in [3.05, 3.63) is 118 Å². The highest BCUT2D eigenvalue weighted by Crippen LogP contribution is 2.28. The summed E-state index contributed by atoms with van der Waals surface area (Å²) in [6.45, 7) is -0.568. The van der Waals surface area contributed by atoms with Crippen LogP contribution in [-0.4, -0.2) is 32.3 Å². The Bertz CT molecular complexity index is 1400. The average Bonchev–Trinajstić information content (AvgIpc) is 3.35. The van der Waals surface area contributed by atoms with Crippen LogP contribution in [0.15, 0.2) is 79.4 Å². The van der Waals surface area contributed by atoms with E-state index in [1.807, 2.05) is 0 Å². The molecule has 0 aliphatic carbocycles. The van der Waals surface area contributed by atoms with Gasteiger partial charge >= 0.3 is 0 Å². The van der Waals surface area contributed by atoms with Crippen LogP contribution >= 0.6 is 23.2 Å². The zero-order valence-corrected chi connectivity index (χ0v) is 20.1. The van der Waals surface area contributed by atoms with Crippen molar-refractivity contribution in [3.8, 4) is 5.75 Å². The molecule has 1 atom stereocenters. The number of carbonyl (C=O) groups is 1. The molecule has 4 aromatic rings. The van der Waals surface area contributed by atoms with E-state index in [0.29, 0.717) is 33.0 Å². The molecular weight excluding hydrogens is 511 g/mol. The second kappa shape index (κ2) is 11.0. The van der Waals surface area contributed by atoms with Crippen LogP contribution in [0.4, 0.5) is 8.78 Å². The van der Waals surface area contributed by atoms with Gasteiger partial charge in [-0.3, -0.25) is 4.79 Å². The Hall–Kier alpha value is -3.59. The number of rotatable bonds is 9. The summed E-state index contributed by atoms with van der Waals surface area (Å²) < 4.78 is 35.0. The number of benzene rings is 3. The number of allylic oxidation sites excluding steroid dienone is 1. The predicted molar refractivity (Wildman–Crippen MR) is 132 cm³/mol. The molecule has 1 heterocycles. The Morgan fingerprint density at radius 1 is 1.08 bits per heavy atom. The predicted octanol–water partition coefficient (Wildman–Crippen LogP) is 5.73. The molecule has 1 unspecified atom stereocenters. The first-order chi connectivity index (χ1) is 17.2. The summed E-state index contributed by atoms with van der Waals surface area (Å²) in [5.41, 5.74) is -1.00. The molecule has 0 spiro atoms. The van der Waals surface area contributed by atoms with Crippen molar-refractivity contribution in [3.63, 3.8) is 0 Å². The lowest BCUT2D eigenvalue weighted by Gasteiger charge is -2.29. The van der Waals surface area contributed by atoms with Crippen LogP contribution in [0.3, 0.4) is 0 Å². The summed E-state index contributed by atoms with van der Waals surface area (Å²) in [7, 11) is 0. The molecule has 0 aliphatic rings. The number of halogens is 4. The number of hydrogen-bond acceptors (Lipinski definition) is 5. The van der Waals surface area contributed by atoms with Gasteiger partial charge in [-0.2, -0.15) is 5.10 Å². The van der Waals surface area contributed by atoms with E-state index in [-0.39, 0.29) is 24.5 Å². The van der Waals surface area contributed by atoms with E-state index in [0.717, 1.165) is 12.1 Å². The summed E-state index contributed by atoms with van der Waals surface area (Å²) in [4.78, 5) is 16.3. The van der Waals surface area contributed by atoms with Crippen LogP contribution in [0.25, 0.3) is 6.08 Å². The Kier molecular flexibility index (Phi) is 7.79. The summed E-state index contributed by atoms with van der Waals surface area (Å²) in [6.07, 6.45) is 5.61. The number of hydrogen-bond donors (Lipinski definition) is 1. The molecule has 0 fully saturated rings. The van der Waals surface area contributed by atoms with E-state index in [9.17, 15) is 18.7 Å². The molecular formula is C26H19Cl2F2N3O3. The SMILES string of the molecule is O=C(C=Cc1ccc(Cl)cc1Cl)c1ccc(OCC(O)(Cn2cncn2)c2ccc(F)cc2F)cc1. The van der Waals surface area contributed by atoms with Crippen molar-refractivity contribution in [2.75, 3.05) is 6.61 Å². The van der Waals surface area contributed by atoms with E-state index >= 15 is 0 Å². The van der Waals surface area contributed by atoms with Gasteiger partial charge in [0.25, 0.3) is 0 Å². The lowest BCUT2D eigenvalue weighted by molar-refractivity contribution is -0.0297. The highest BCUT2D eigenvalue weighted by molar-refractivity contribution is 6.35. The summed E-state index contributed by atoms with van der Waals surface area (Å²) in [5.74, 6) is -1.62. The molecule has 4 rings (SSSR count). The fourth-order valence-electron chi connectivity index (χ4n) is 3.47. The van der Waals surface area contributed by atoms with E-state index in [1.165, 1.54) is 23.4 Å². The van der Waals surface area contributed by atoms with E-state index in [1.54, 1.807) is 48.5 Å². The maximum atomic E-state index is 14.5. The largest absolute Gasteiger partial charge is 0.490 e. The molecule has 0 aliphatic heterocycles. The monoisotopic (exact) mass is 529 g/mol. The standard InChI is InChI=1S/C26H19Cl2F2N3O3/c27-19-5-1-17(23(28)11-19)4-10-25(34)18-2-7-21(8-3-18)36-14-26(35,13-33-16-31-15-32-33)22-9-6-20(29)12-24(22)30/h1-12,15-16,35H,13-14H2. The molecule has 1 N–H and O–H groups in total. The summed E-state index contributed by atoms with van der Waals surface area (Å²) in [6, 6.07) is 14.1. The minimum atomic E-state index is -1.89. The Morgan fingerprint density at radius 3 is 2.53 bits per heavy atom. The number of ketones is 1. The maximum absolute atomic E-state index is 14.5. The van der Waals surface area contributed by atoms with Gasteiger partial charge in [0.05, 0.1) is 6.54 Å². The van der Waals surface area contributed by atoms with Crippen LogP contribution in [0.5, 0.6) is 5.75 Å². The Balaban J connectivity index is 1.47. The number of aromatic nitrogens is 3. The molecule has 184 valence electrons. The van der Waals surface area contributed by atoms with Crippen LogP contribution < -0.4 is 4.74 Å². The van der Waals surface area contributed by atoms with Crippen LogP contribution in [0.2, 0.25) is 10.0 Å². The van der Waals surface area contributed by atoms with Crippen molar-refractivity contribution in [1.29, 1.82) is 0 Å². The fraction of sp³-hybridized carbons (Fsp3) is 0.115. The second-order valence-corrected chi connectivity index (χ2v) is 8.77. The molecule has 6 nitrogen and oxygen atoms in total. The third-order valence-electron chi connectivity index (χ3n) is 5.32. The normalized spacial score (nSPS) is 13.0. The van der Waals surface area contributed by atoms with Gasteiger partial charge in [0.1, 0.15) is 42.2 Å². The average molecular weight is 530 g/mol. The van der Waals surface area contributed by atoms with Crippen LogP contribution in [0.1, 0.15) is 21.5 Å². The first kappa shape index (κ1) is 25.5. The number of nitrogens with zero attached hydrogens (tertiary/aromatic N) is 3. The first-order valence-electron chi connectivity index (χ1n) is 10.6. The van der Waals surface area contributed by atoms with Gasteiger partial charge in [-0.25, -0.2) is 18.4 Å². The van der Waals surface area contributed by atoms with Gasteiger partial charge in [-0.1, -0.05) is 35.3 Å². The van der Waals surface area contributed by atoms with Crippen molar-refractivity contribution < 1.29 is 23.4 Å². The highest BCUT2D eigenvalue weighted by Gasteiger charge is 2.34. The third-order valence-corrected chi connectivity index (χ3v) is 5.88. The smallest absolute Gasteiger partial charge is 0.185 e. The zero-order chi connectivity index (χ0) is 25.7. The van der Waals surface area contributed by atoms with Gasteiger partial charge in [0.2, 0.25) is 0 Å². The lowest BCUT2D eigenvalue weighted by Crippen LogP contribution is -2.39. The van der Waals surface area contributed by atoms with Crippen molar-refractivity contribution in [1.82, 2.24) is 14.8 Å². The zero-order valence-electron chi connectivity index (χ0n) is 18.6. The minimum absolute atomic E-state index is 0.155. The van der Waals surface area contributed by atoms with Gasteiger partial charge in [-0.15, -0.1) is 0 Å². The molecule has 0 bridgehead atoms. The minimum Gasteiger partial charge on any atom is -0.490 e. The van der Waals surface area contributed by atoms with E-state index < -0.39 is 17.2 Å².